The van der Waals surface area contributed by atoms with Crippen LogP contribution in [0.25, 0.3) is 10.9 Å². The van der Waals surface area contributed by atoms with Crippen LogP contribution in [0.1, 0.15) is 11.1 Å². The van der Waals surface area contributed by atoms with Crippen molar-refractivity contribution in [3.05, 3.63) is 77.7 Å². The number of aromatic nitrogens is 1. The van der Waals surface area contributed by atoms with Crippen LogP contribution in [0, 0.1) is 5.82 Å². The van der Waals surface area contributed by atoms with E-state index >= 15 is 0 Å². The lowest BCUT2D eigenvalue weighted by molar-refractivity contribution is 0.175. The number of rotatable bonds is 4. The van der Waals surface area contributed by atoms with Gasteiger partial charge >= 0.3 is 0 Å². The number of pyridine rings is 1. The molecule has 1 heterocycles. The second kappa shape index (κ2) is 6.02. The van der Waals surface area contributed by atoms with Gasteiger partial charge in [-0.3, -0.25) is 4.98 Å². The van der Waals surface area contributed by atoms with E-state index in [1.165, 1.54) is 12.1 Å². The van der Waals surface area contributed by atoms with Crippen molar-refractivity contribution in [3.63, 3.8) is 0 Å². The van der Waals surface area contributed by atoms with Crippen molar-refractivity contribution in [1.29, 1.82) is 0 Å². The number of fused-ring (bicyclic) bond motifs is 1. The molecule has 0 aliphatic carbocycles. The third kappa shape index (κ3) is 3.26. The number of halogens is 1. The van der Waals surface area contributed by atoms with Crippen LogP contribution in [0.15, 0.2) is 60.8 Å². The molecule has 0 amide bonds. The Morgan fingerprint density at radius 3 is 2.71 bits per heavy atom. The summed E-state index contributed by atoms with van der Waals surface area (Å²) in [6.07, 6.45) is 2.18. The fourth-order valence-electron chi connectivity index (χ4n) is 2.60. The molecule has 1 atom stereocenters. The van der Waals surface area contributed by atoms with E-state index in [4.69, 9.17) is 0 Å². The molecule has 1 unspecified atom stereocenters. The number of hydrogen-bond acceptors (Lipinski definition) is 2. The molecule has 0 radical (unpaired) electrons. The van der Waals surface area contributed by atoms with Crippen molar-refractivity contribution in [3.8, 4) is 0 Å². The van der Waals surface area contributed by atoms with Gasteiger partial charge in [-0.1, -0.05) is 30.3 Å². The van der Waals surface area contributed by atoms with Crippen LogP contribution in [-0.4, -0.2) is 16.2 Å². The second-order valence-electron chi connectivity index (χ2n) is 5.18. The molecule has 1 N–H and O–H groups in total. The molecule has 0 saturated carbocycles. The highest BCUT2D eigenvalue weighted by Crippen LogP contribution is 2.19. The Labute approximate surface area is 122 Å². The van der Waals surface area contributed by atoms with Gasteiger partial charge in [0.1, 0.15) is 5.82 Å². The van der Waals surface area contributed by atoms with Crippen LogP contribution in [0.2, 0.25) is 0 Å². The summed E-state index contributed by atoms with van der Waals surface area (Å²) in [6.45, 7) is 0. The summed E-state index contributed by atoms with van der Waals surface area (Å²) >= 11 is 0. The topological polar surface area (TPSA) is 33.1 Å². The van der Waals surface area contributed by atoms with E-state index in [0.717, 1.165) is 22.0 Å². The van der Waals surface area contributed by atoms with Gasteiger partial charge in [0.25, 0.3) is 0 Å². The molecule has 2 nitrogen and oxygen atoms in total. The number of aliphatic hydroxyl groups is 1. The molecule has 106 valence electrons. The van der Waals surface area contributed by atoms with Crippen LogP contribution in [0.4, 0.5) is 4.39 Å². The first kappa shape index (κ1) is 13.7. The van der Waals surface area contributed by atoms with Crippen LogP contribution < -0.4 is 0 Å². The van der Waals surface area contributed by atoms with Gasteiger partial charge in [-0.25, -0.2) is 4.39 Å². The Morgan fingerprint density at radius 1 is 1.00 bits per heavy atom. The summed E-state index contributed by atoms with van der Waals surface area (Å²) in [5.74, 6) is -0.269. The minimum atomic E-state index is -0.544. The first-order valence-electron chi connectivity index (χ1n) is 6.97. The Hall–Kier alpha value is -2.26. The number of hydrogen-bond donors (Lipinski definition) is 1. The molecule has 0 bridgehead atoms. The smallest absolute Gasteiger partial charge is 0.123 e. The van der Waals surface area contributed by atoms with Gasteiger partial charge in [0, 0.05) is 11.6 Å². The summed E-state index contributed by atoms with van der Waals surface area (Å²) in [4.78, 5) is 4.31. The lowest BCUT2D eigenvalue weighted by Crippen LogP contribution is -2.14. The average Bonchev–Trinajstić information content (AvgIpc) is 2.47. The molecule has 0 fully saturated rings. The lowest BCUT2D eigenvalue weighted by atomic mass is 9.99. The standard InChI is InChI=1S/C18H16FNO/c19-15-5-3-4-13(10-15)11-16(21)12-14-8-9-20-18-7-2-1-6-17(14)18/h1-10,16,21H,11-12H2. The first-order chi connectivity index (χ1) is 10.2. The summed E-state index contributed by atoms with van der Waals surface area (Å²) in [5, 5.41) is 11.3. The Morgan fingerprint density at radius 2 is 1.86 bits per heavy atom. The first-order valence-corrected chi connectivity index (χ1v) is 6.97. The largest absolute Gasteiger partial charge is 0.392 e. The maximum absolute atomic E-state index is 13.2. The number of para-hydroxylation sites is 1. The minimum absolute atomic E-state index is 0.269. The van der Waals surface area contributed by atoms with E-state index in [-0.39, 0.29) is 5.82 Å². The van der Waals surface area contributed by atoms with Gasteiger partial charge in [0.15, 0.2) is 0 Å². The van der Waals surface area contributed by atoms with Crippen molar-refractivity contribution in [1.82, 2.24) is 4.98 Å². The molecule has 0 aliphatic heterocycles. The average molecular weight is 281 g/mol. The third-order valence-corrected chi connectivity index (χ3v) is 3.56. The molecular formula is C18H16FNO. The molecule has 0 saturated heterocycles. The fraction of sp³-hybridized carbons (Fsp3) is 0.167. The number of aliphatic hydroxyl groups excluding tert-OH is 1. The molecule has 1 aromatic heterocycles. The van der Waals surface area contributed by atoms with Crippen LogP contribution in [-0.2, 0) is 12.8 Å². The van der Waals surface area contributed by atoms with Crippen LogP contribution in [0.5, 0.6) is 0 Å². The highest BCUT2D eigenvalue weighted by Gasteiger charge is 2.10. The van der Waals surface area contributed by atoms with Gasteiger partial charge < -0.3 is 5.11 Å². The van der Waals surface area contributed by atoms with Crippen molar-refractivity contribution >= 4 is 10.9 Å². The van der Waals surface area contributed by atoms with Crippen LogP contribution in [0.3, 0.4) is 0 Å². The van der Waals surface area contributed by atoms with Gasteiger partial charge in [-0.05, 0) is 48.2 Å². The van der Waals surface area contributed by atoms with Crippen molar-refractivity contribution in [2.45, 2.75) is 18.9 Å². The second-order valence-corrected chi connectivity index (χ2v) is 5.18. The molecule has 3 rings (SSSR count). The maximum atomic E-state index is 13.2. The zero-order valence-electron chi connectivity index (χ0n) is 11.5. The summed E-state index contributed by atoms with van der Waals surface area (Å²) in [7, 11) is 0. The van der Waals surface area contributed by atoms with E-state index < -0.39 is 6.10 Å². The summed E-state index contributed by atoms with van der Waals surface area (Å²) in [6, 6.07) is 16.2. The molecule has 3 heteroatoms. The predicted molar refractivity (Wildman–Crippen MR) is 81.6 cm³/mol. The normalized spacial score (nSPS) is 12.5. The van der Waals surface area contributed by atoms with E-state index in [2.05, 4.69) is 4.98 Å². The summed E-state index contributed by atoms with van der Waals surface area (Å²) in [5.41, 5.74) is 2.79. The quantitative estimate of drug-likeness (QED) is 0.793. The van der Waals surface area contributed by atoms with Crippen molar-refractivity contribution in [2.24, 2.45) is 0 Å². The van der Waals surface area contributed by atoms with Crippen molar-refractivity contribution < 1.29 is 9.50 Å². The zero-order chi connectivity index (χ0) is 14.7. The van der Waals surface area contributed by atoms with Gasteiger partial charge in [0.05, 0.1) is 11.6 Å². The zero-order valence-corrected chi connectivity index (χ0v) is 11.5. The fourth-order valence-corrected chi connectivity index (χ4v) is 2.60. The molecular weight excluding hydrogens is 265 g/mol. The third-order valence-electron chi connectivity index (χ3n) is 3.56. The van der Waals surface area contributed by atoms with E-state index in [1.54, 1.807) is 12.3 Å². The van der Waals surface area contributed by atoms with Gasteiger partial charge in [-0.15, -0.1) is 0 Å². The Bertz CT molecular complexity index is 752. The lowest BCUT2D eigenvalue weighted by Gasteiger charge is -2.12. The maximum Gasteiger partial charge on any atom is 0.123 e. The summed E-state index contributed by atoms with van der Waals surface area (Å²) < 4.78 is 13.2. The molecule has 3 aromatic rings. The van der Waals surface area contributed by atoms with E-state index in [1.807, 2.05) is 36.4 Å². The van der Waals surface area contributed by atoms with E-state index in [9.17, 15) is 9.50 Å². The SMILES string of the molecule is OC(Cc1cccc(F)c1)Cc1ccnc2ccccc12. The van der Waals surface area contributed by atoms with Gasteiger partial charge in [-0.2, -0.15) is 0 Å². The van der Waals surface area contributed by atoms with Gasteiger partial charge in [0.2, 0.25) is 0 Å². The number of benzene rings is 2. The molecule has 2 aromatic carbocycles. The highest BCUT2D eigenvalue weighted by atomic mass is 19.1. The Balaban J connectivity index is 1.79. The highest BCUT2D eigenvalue weighted by molar-refractivity contribution is 5.81. The Kier molecular flexibility index (Phi) is 3.93. The minimum Gasteiger partial charge on any atom is -0.392 e. The monoisotopic (exact) mass is 281 g/mol. The van der Waals surface area contributed by atoms with Crippen molar-refractivity contribution in [2.75, 3.05) is 0 Å². The van der Waals surface area contributed by atoms with E-state index in [0.29, 0.717) is 12.8 Å². The number of nitrogens with zero attached hydrogens (tertiary/aromatic N) is 1. The molecule has 21 heavy (non-hydrogen) atoms. The molecule has 0 aliphatic rings. The van der Waals surface area contributed by atoms with Crippen LogP contribution >= 0.6 is 0 Å². The molecule has 0 spiro atoms. The predicted octanol–water partition coefficient (Wildman–Crippen LogP) is 3.52.